The molecule has 1 amide bonds. The van der Waals surface area contributed by atoms with Crippen LogP contribution in [0.4, 0.5) is 10.7 Å². The van der Waals surface area contributed by atoms with Crippen molar-refractivity contribution >= 4 is 27.9 Å². The molecule has 1 aromatic rings. The molecule has 3 N–H and O–H groups in total. The molecule has 1 heterocycles. The molecular weight excluding hydrogens is 246 g/mol. The minimum Gasteiger partial charge on any atom is -0.397 e. The van der Waals surface area contributed by atoms with Gasteiger partial charge in [-0.15, -0.1) is 11.3 Å². The Bertz CT molecular complexity index is 461. The predicted octanol–water partition coefficient (Wildman–Crippen LogP) is 2.73. The average molecular weight is 267 g/mol. The zero-order valence-corrected chi connectivity index (χ0v) is 12.2. The Morgan fingerprint density at radius 2 is 2.06 bits per heavy atom. The summed E-state index contributed by atoms with van der Waals surface area (Å²) in [5.74, 6) is 0.544. The number of nitrogens with zero attached hydrogens (tertiary/aromatic N) is 1. The van der Waals surface area contributed by atoms with Gasteiger partial charge in [0.1, 0.15) is 4.88 Å². The lowest BCUT2D eigenvalue weighted by Crippen LogP contribution is -2.21. The van der Waals surface area contributed by atoms with E-state index in [9.17, 15) is 4.79 Å². The number of hydrogen-bond acceptors (Lipinski definition) is 4. The van der Waals surface area contributed by atoms with Crippen LogP contribution in [0, 0.1) is 0 Å². The first-order chi connectivity index (χ1) is 8.41. The van der Waals surface area contributed by atoms with E-state index in [1.165, 1.54) is 29.7 Å². The van der Waals surface area contributed by atoms with E-state index in [1.807, 2.05) is 0 Å². The Hall–Kier alpha value is -1.23. The highest BCUT2D eigenvalue weighted by molar-refractivity contribution is 7.18. The Labute approximate surface area is 112 Å². The first-order valence-electron chi connectivity index (χ1n) is 6.32. The van der Waals surface area contributed by atoms with Gasteiger partial charge in [-0.2, -0.15) is 0 Å². The molecule has 0 unspecified atom stereocenters. The van der Waals surface area contributed by atoms with Gasteiger partial charge in [-0.05, 0) is 32.6 Å². The summed E-state index contributed by atoms with van der Waals surface area (Å²) in [7, 11) is 3.52. The van der Waals surface area contributed by atoms with Crippen LogP contribution in [-0.4, -0.2) is 30.9 Å². The van der Waals surface area contributed by atoms with Gasteiger partial charge in [0, 0.05) is 25.7 Å². The Morgan fingerprint density at radius 3 is 2.50 bits per heavy atom. The van der Waals surface area contributed by atoms with Gasteiger partial charge in [-0.3, -0.25) is 4.79 Å². The molecule has 1 fully saturated rings. The van der Waals surface area contributed by atoms with E-state index in [0.29, 0.717) is 22.5 Å². The molecule has 0 spiro atoms. The van der Waals surface area contributed by atoms with Crippen LogP contribution in [0.3, 0.4) is 0 Å². The largest absolute Gasteiger partial charge is 0.397 e. The molecule has 0 atom stereocenters. The maximum absolute atomic E-state index is 12.1. The second-order valence-electron chi connectivity index (χ2n) is 5.36. The lowest BCUT2D eigenvalue weighted by atomic mass is 10.1. The lowest BCUT2D eigenvalue weighted by molar-refractivity contribution is 0.0833. The van der Waals surface area contributed by atoms with Gasteiger partial charge in [0.05, 0.1) is 10.7 Å². The summed E-state index contributed by atoms with van der Waals surface area (Å²) in [6.45, 7) is 4.19. The number of anilines is 2. The third kappa shape index (κ3) is 2.46. The first kappa shape index (κ1) is 13.2. The summed E-state index contributed by atoms with van der Waals surface area (Å²) < 4.78 is 0. The molecule has 1 aliphatic carbocycles. The Kier molecular flexibility index (Phi) is 3.52. The first-order valence-corrected chi connectivity index (χ1v) is 7.13. The smallest absolute Gasteiger partial charge is 0.265 e. The summed E-state index contributed by atoms with van der Waals surface area (Å²) in [6, 6.07) is 0.350. The van der Waals surface area contributed by atoms with Crippen molar-refractivity contribution in [2.45, 2.75) is 38.6 Å². The standard InChI is InChI=1S/C13H21N3OS/c1-7(2)15-12-9(8-5-6-8)10(14)11(18-12)13(17)16(3)4/h7-8,15H,5-6,14H2,1-4H3. The van der Waals surface area contributed by atoms with Crippen molar-refractivity contribution in [1.29, 1.82) is 0 Å². The fraction of sp³-hybridized carbons (Fsp3) is 0.615. The molecule has 0 aromatic carbocycles. The second kappa shape index (κ2) is 4.80. The summed E-state index contributed by atoms with van der Waals surface area (Å²) in [5, 5.41) is 4.50. The molecule has 0 radical (unpaired) electrons. The van der Waals surface area contributed by atoms with Crippen molar-refractivity contribution in [2.24, 2.45) is 0 Å². The van der Waals surface area contributed by atoms with Gasteiger partial charge in [0.2, 0.25) is 0 Å². The van der Waals surface area contributed by atoms with Gasteiger partial charge in [0.15, 0.2) is 0 Å². The molecule has 1 aromatic heterocycles. The molecule has 1 aliphatic rings. The van der Waals surface area contributed by atoms with Crippen LogP contribution in [0.2, 0.25) is 0 Å². The maximum atomic E-state index is 12.1. The van der Waals surface area contributed by atoms with Gasteiger partial charge < -0.3 is 16.0 Å². The summed E-state index contributed by atoms with van der Waals surface area (Å²) >= 11 is 1.49. The third-order valence-electron chi connectivity index (χ3n) is 2.99. The maximum Gasteiger partial charge on any atom is 0.265 e. The number of hydrogen-bond donors (Lipinski definition) is 2. The number of nitrogen functional groups attached to an aromatic ring is 1. The fourth-order valence-corrected chi connectivity index (χ4v) is 3.34. The van der Waals surface area contributed by atoms with Crippen molar-refractivity contribution in [2.75, 3.05) is 25.1 Å². The second-order valence-corrected chi connectivity index (χ2v) is 6.38. The highest BCUT2D eigenvalue weighted by Gasteiger charge is 2.33. The SMILES string of the molecule is CC(C)Nc1sc(C(=O)N(C)C)c(N)c1C1CC1. The molecule has 4 nitrogen and oxygen atoms in total. The zero-order chi connectivity index (χ0) is 13.4. The van der Waals surface area contributed by atoms with E-state index >= 15 is 0 Å². The van der Waals surface area contributed by atoms with Crippen LogP contribution in [0.25, 0.3) is 0 Å². The van der Waals surface area contributed by atoms with Crippen LogP contribution >= 0.6 is 11.3 Å². The number of amides is 1. The van der Waals surface area contributed by atoms with Crippen molar-refractivity contribution in [3.05, 3.63) is 10.4 Å². The molecule has 0 bridgehead atoms. The van der Waals surface area contributed by atoms with Crippen LogP contribution < -0.4 is 11.1 Å². The van der Waals surface area contributed by atoms with Crippen LogP contribution in [-0.2, 0) is 0 Å². The molecule has 2 rings (SSSR count). The molecule has 0 aliphatic heterocycles. The highest BCUT2D eigenvalue weighted by atomic mass is 32.1. The summed E-state index contributed by atoms with van der Waals surface area (Å²) in [6.07, 6.45) is 2.37. The fourth-order valence-electron chi connectivity index (χ4n) is 1.97. The van der Waals surface area contributed by atoms with E-state index in [1.54, 1.807) is 19.0 Å². The summed E-state index contributed by atoms with van der Waals surface area (Å²) in [4.78, 5) is 14.3. The van der Waals surface area contributed by atoms with Gasteiger partial charge in [0.25, 0.3) is 5.91 Å². The Morgan fingerprint density at radius 1 is 1.44 bits per heavy atom. The molecule has 0 saturated heterocycles. The number of thiophene rings is 1. The van der Waals surface area contributed by atoms with E-state index < -0.39 is 0 Å². The number of rotatable bonds is 4. The van der Waals surface area contributed by atoms with E-state index in [0.717, 1.165) is 5.00 Å². The van der Waals surface area contributed by atoms with Gasteiger partial charge >= 0.3 is 0 Å². The van der Waals surface area contributed by atoms with Crippen molar-refractivity contribution in [1.82, 2.24) is 4.90 Å². The van der Waals surface area contributed by atoms with Gasteiger partial charge in [-0.1, -0.05) is 0 Å². The van der Waals surface area contributed by atoms with Crippen LogP contribution in [0.15, 0.2) is 0 Å². The highest BCUT2D eigenvalue weighted by Crippen LogP contribution is 2.51. The molecule has 1 saturated carbocycles. The zero-order valence-electron chi connectivity index (χ0n) is 11.4. The third-order valence-corrected chi connectivity index (χ3v) is 4.13. The van der Waals surface area contributed by atoms with Crippen LogP contribution in [0.1, 0.15) is 47.8 Å². The van der Waals surface area contributed by atoms with Crippen LogP contribution in [0.5, 0.6) is 0 Å². The normalized spacial score (nSPS) is 14.9. The average Bonchev–Trinajstić information content (AvgIpc) is 3.03. The summed E-state index contributed by atoms with van der Waals surface area (Å²) in [5.41, 5.74) is 8.03. The van der Waals surface area contributed by atoms with E-state index in [-0.39, 0.29) is 5.91 Å². The topological polar surface area (TPSA) is 58.4 Å². The van der Waals surface area contributed by atoms with Crippen molar-refractivity contribution in [3.8, 4) is 0 Å². The van der Waals surface area contributed by atoms with E-state index in [4.69, 9.17) is 5.73 Å². The van der Waals surface area contributed by atoms with Crippen molar-refractivity contribution < 1.29 is 4.79 Å². The number of nitrogens with two attached hydrogens (primary N) is 1. The number of carbonyl (C=O) groups is 1. The molecule has 18 heavy (non-hydrogen) atoms. The minimum absolute atomic E-state index is 0.00351. The number of carbonyl (C=O) groups excluding carboxylic acids is 1. The van der Waals surface area contributed by atoms with E-state index in [2.05, 4.69) is 19.2 Å². The quantitative estimate of drug-likeness (QED) is 0.882. The lowest BCUT2D eigenvalue weighted by Gasteiger charge is -2.10. The predicted molar refractivity (Wildman–Crippen MR) is 77.5 cm³/mol. The van der Waals surface area contributed by atoms with Crippen molar-refractivity contribution in [3.63, 3.8) is 0 Å². The molecular formula is C13H21N3OS. The Balaban J connectivity index is 2.40. The molecule has 5 heteroatoms. The molecule has 100 valence electrons. The monoisotopic (exact) mass is 267 g/mol. The minimum atomic E-state index is -0.00351. The number of nitrogens with one attached hydrogen (secondary N) is 1. The van der Waals surface area contributed by atoms with Gasteiger partial charge in [-0.25, -0.2) is 0 Å².